The number of sulfonamides is 1. The molecule has 0 atom stereocenters. The van der Waals surface area contributed by atoms with Crippen LogP contribution in [0.15, 0.2) is 41.2 Å². The van der Waals surface area contributed by atoms with Gasteiger partial charge in [0, 0.05) is 37.8 Å². The Balaban J connectivity index is 1.29. The maximum absolute atomic E-state index is 12.2. The number of fused-ring (bicyclic) bond motifs is 2. The standard InChI is InChI=1S/C28H34N10O3S/c1-5-12-42(39,40)35-20-13-18(4)25(30-15-20)36-8-10-37(11-9-36)26-23-24(34-38(17(2)3)27(23)32-16-31-26)19-6-7-22-21(14-19)33-28(29)41-22/h6-7,13-17,35H,5,8-12H2,1-4H3,(H2,29,33). The van der Waals surface area contributed by atoms with Crippen LogP contribution in [0.25, 0.3) is 33.4 Å². The second kappa shape index (κ2) is 10.7. The first-order valence-electron chi connectivity index (χ1n) is 14.0. The van der Waals surface area contributed by atoms with Crippen LogP contribution in [0.2, 0.25) is 0 Å². The van der Waals surface area contributed by atoms with Crippen molar-refractivity contribution >= 4 is 55.5 Å². The summed E-state index contributed by atoms with van der Waals surface area (Å²) in [4.78, 5) is 22.8. The van der Waals surface area contributed by atoms with E-state index in [2.05, 4.69) is 43.3 Å². The topological polar surface area (TPSA) is 161 Å². The van der Waals surface area contributed by atoms with Gasteiger partial charge in [-0.25, -0.2) is 28.1 Å². The number of oxazole rings is 1. The first-order valence-corrected chi connectivity index (χ1v) is 15.7. The van der Waals surface area contributed by atoms with E-state index in [4.69, 9.17) is 20.2 Å². The summed E-state index contributed by atoms with van der Waals surface area (Å²) in [6, 6.07) is 7.79. The molecule has 3 N–H and O–H groups in total. The molecular formula is C28H34N10O3S. The van der Waals surface area contributed by atoms with E-state index in [0.29, 0.717) is 36.3 Å². The molecular weight excluding hydrogens is 556 g/mol. The van der Waals surface area contributed by atoms with Crippen molar-refractivity contribution in [3.8, 4) is 11.3 Å². The van der Waals surface area contributed by atoms with Crippen molar-refractivity contribution < 1.29 is 12.8 Å². The molecule has 42 heavy (non-hydrogen) atoms. The molecule has 1 aliphatic heterocycles. The zero-order chi connectivity index (χ0) is 29.6. The van der Waals surface area contributed by atoms with Crippen LogP contribution in [0, 0.1) is 6.92 Å². The van der Waals surface area contributed by atoms with E-state index in [-0.39, 0.29) is 17.8 Å². The smallest absolute Gasteiger partial charge is 0.292 e. The van der Waals surface area contributed by atoms with E-state index in [0.717, 1.165) is 52.6 Å². The Morgan fingerprint density at radius 2 is 1.79 bits per heavy atom. The van der Waals surface area contributed by atoms with Crippen molar-refractivity contribution in [3.05, 3.63) is 42.4 Å². The van der Waals surface area contributed by atoms with E-state index >= 15 is 0 Å². The first-order chi connectivity index (χ1) is 20.1. The Bertz CT molecular complexity index is 1870. The van der Waals surface area contributed by atoms with E-state index in [1.165, 1.54) is 0 Å². The molecule has 220 valence electrons. The highest BCUT2D eigenvalue weighted by Crippen LogP contribution is 2.36. The first kappa shape index (κ1) is 27.7. The Kier molecular flexibility index (Phi) is 7.09. The average Bonchev–Trinajstić information content (AvgIpc) is 3.52. The number of aryl methyl sites for hydroxylation is 1. The molecule has 0 spiro atoms. The number of nitrogens with zero attached hydrogens (tertiary/aromatic N) is 8. The minimum absolute atomic E-state index is 0.0767. The minimum atomic E-state index is -3.38. The van der Waals surface area contributed by atoms with Gasteiger partial charge in [-0.15, -0.1) is 0 Å². The second-order valence-electron chi connectivity index (χ2n) is 10.8. The van der Waals surface area contributed by atoms with Crippen LogP contribution >= 0.6 is 0 Å². The summed E-state index contributed by atoms with van der Waals surface area (Å²) in [5, 5.41) is 5.86. The molecule has 0 aliphatic carbocycles. The van der Waals surface area contributed by atoms with Gasteiger partial charge in [-0.2, -0.15) is 10.1 Å². The third-order valence-electron chi connectivity index (χ3n) is 7.31. The van der Waals surface area contributed by atoms with E-state index < -0.39 is 10.0 Å². The number of piperazine rings is 1. The quantitative estimate of drug-likeness (QED) is 0.269. The summed E-state index contributed by atoms with van der Waals surface area (Å²) >= 11 is 0. The molecule has 4 aromatic heterocycles. The Hall–Kier alpha value is -4.46. The number of nitrogens with two attached hydrogens (primary N) is 1. The third kappa shape index (κ3) is 5.17. The van der Waals surface area contributed by atoms with Crippen LogP contribution in [-0.4, -0.2) is 70.1 Å². The lowest BCUT2D eigenvalue weighted by Crippen LogP contribution is -2.47. The fraction of sp³-hybridized carbons (Fsp3) is 0.393. The van der Waals surface area contributed by atoms with E-state index in [1.807, 2.05) is 42.8 Å². The SMILES string of the molecule is CCCS(=O)(=O)Nc1cnc(N2CCN(c3ncnc4c3c(-c3ccc5oc(N)nc5c3)nn4C(C)C)CC2)c(C)c1. The average molecular weight is 591 g/mol. The number of nitrogen functional groups attached to an aromatic ring is 1. The highest BCUT2D eigenvalue weighted by molar-refractivity contribution is 7.92. The number of benzene rings is 1. The number of anilines is 4. The molecule has 0 unspecified atom stereocenters. The maximum atomic E-state index is 12.2. The Labute approximate surface area is 243 Å². The van der Waals surface area contributed by atoms with Crippen molar-refractivity contribution in [2.24, 2.45) is 0 Å². The molecule has 0 amide bonds. The predicted octanol–water partition coefficient (Wildman–Crippen LogP) is 3.98. The number of pyridine rings is 1. The molecule has 5 aromatic rings. The van der Waals surface area contributed by atoms with Gasteiger partial charge in [0.15, 0.2) is 11.2 Å². The summed E-state index contributed by atoms with van der Waals surface area (Å²) in [6.07, 6.45) is 3.73. The molecule has 0 saturated carbocycles. The summed E-state index contributed by atoms with van der Waals surface area (Å²) in [7, 11) is -3.38. The van der Waals surface area contributed by atoms with E-state index in [1.54, 1.807) is 12.5 Å². The molecule has 6 rings (SSSR count). The van der Waals surface area contributed by atoms with Crippen molar-refractivity contribution in [3.63, 3.8) is 0 Å². The number of nitrogens with one attached hydrogen (secondary N) is 1. The van der Waals surface area contributed by atoms with Gasteiger partial charge in [-0.3, -0.25) is 4.72 Å². The van der Waals surface area contributed by atoms with Crippen LogP contribution in [-0.2, 0) is 10.0 Å². The molecule has 14 heteroatoms. The molecule has 1 fully saturated rings. The van der Waals surface area contributed by atoms with Crippen molar-refractivity contribution in [2.45, 2.75) is 40.2 Å². The second-order valence-corrected chi connectivity index (χ2v) is 12.6. The Morgan fingerprint density at radius 1 is 1.05 bits per heavy atom. The Morgan fingerprint density at radius 3 is 2.48 bits per heavy atom. The third-order valence-corrected chi connectivity index (χ3v) is 8.80. The number of hydrogen-bond acceptors (Lipinski definition) is 11. The lowest BCUT2D eigenvalue weighted by atomic mass is 10.1. The summed E-state index contributed by atoms with van der Waals surface area (Å²) in [6.45, 7) is 10.8. The summed E-state index contributed by atoms with van der Waals surface area (Å²) < 4.78 is 34.4. The van der Waals surface area contributed by atoms with Gasteiger partial charge in [0.1, 0.15) is 29.2 Å². The van der Waals surface area contributed by atoms with Crippen LogP contribution in [0.3, 0.4) is 0 Å². The van der Waals surface area contributed by atoms with Crippen molar-refractivity contribution in [1.82, 2.24) is 29.7 Å². The molecule has 13 nitrogen and oxygen atoms in total. The number of rotatable bonds is 8. The van der Waals surface area contributed by atoms with Gasteiger partial charge < -0.3 is 20.0 Å². The summed E-state index contributed by atoms with van der Waals surface area (Å²) in [5.41, 5.74) is 10.9. The molecule has 1 aliphatic rings. The monoisotopic (exact) mass is 590 g/mol. The van der Waals surface area contributed by atoms with Crippen molar-refractivity contribution in [2.75, 3.05) is 52.2 Å². The highest BCUT2D eigenvalue weighted by atomic mass is 32.2. The molecule has 5 heterocycles. The fourth-order valence-corrected chi connectivity index (χ4v) is 6.55. The summed E-state index contributed by atoms with van der Waals surface area (Å²) in [5.74, 6) is 1.74. The van der Waals surface area contributed by atoms with Crippen LogP contribution < -0.4 is 20.3 Å². The van der Waals surface area contributed by atoms with Crippen LogP contribution in [0.1, 0.15) is 38.8 Å². The van der Waals surface area contributed by atoms with Gasteiger partial charge in [-0.05, 0) is 57.0 Å². The lowest BCUT2D eigenvalue weighted by Gasteiger charge is -2.36. The lowest BCUT2D eigenvalue weighted by molar-refractivity contribution is 0.548. The molecule has 1 aromatic carbocycles. The highest BCUT2D eigenvalue weighted by Gasteiger charge is 2.26. The van der Waals surface area contributed by atoms with Gasteiger partial charge in [-0.1, -0.05) is 6.92 Å². The van der Waals surface area contributed by atoms with Crippen LogP contribution in [0.5, 0.6) is 0 Å². The van der Waals surface area contributed by atoms with Gasteiger partial charge >= 0.3 is 0 Å². The largest absolute Gasteiger partial charge is 0.424 e. The molecule has 1 saturated heterocycles. The van der Waals surface area contributed by atoms with Gasteiger partial charge in [0.2, 0.25) is 10.0 Å². The zero-order valence-corrected chi connectivity index (χ0v) is 24.9. The van der Waals surface area contributed by atoms with Crippen LogP contribution in [0.4, 0.5) is 23.3 Å². The molecule has 0 bridgehead atoms. The number of aromatic nitrogens is 6. The van der Waals surface area contributed by atoms with E-state index in [9.17, 15) is 8.42 Å². The van der Waals surface area contributed by atoms with Gasteiger partial charge in [0.05, 0.1) is 23.0 Å². The number of hydrogen-bond donors (Lipinski definition) is 2. The maximum Gasteiger partial charge on any atom is 0.292 e. The zero-order valence-electron chi connectivity index (χ0n) is 24.1. The molecule has 0 radical (unpaired) electrons. The fourth-order valence-electron chi connectivity index (χ4n) is 5.44. The predicted molar refractivity (Wildman–Crippen MR) is 164 cm³/mol. The normalized spacial score (nSPS) is 14.4. The minimum Gasteiger partial charge on any atom is -0.424 e. The van der Waals surface area contributed by atoms with Gasteiger partial charge in [0.25, 0.3) is 6.01 Å². The van der Waals surface area contributed by atoms with Crippen molar-refractivity contribution in [1.29, 1.82) is 0 Å².